The van der Waals surface area contributed by atoms with E-state index in [1.165, 1.54) is 12.1 Å². The van der Waals surface area contributed by atoms with Gasteiger partial charge in [-0.15, -0.1) is 0 Å². The fourth-order valence-electron chi connectivity index (χ4n) is 5.08. The molecule has 0 amide bonds. The van der Waals surface area contributed by atoms with E-state index >= 15 is 17.6 Å². The standard InChI is InChI=1S/C38H38F4O10/c1-3-29(43)51-19-11-7-5-9-17-49-23-13-15-25(37(45)46)27(21-23)31-33(39)35(41)32(36(42)34(31)40)28-22-24(14-16-26(28)38(47)48)50-18-10-6-8-12-20-52-30(44)4-2/h3-4,13-16,21-22H,1-2,5-12,17-20H2,(H,45,46)(H,47,48). The SMILES string of the molecule is C=CC(=O)OCCCCCCOc1ccc(C(=O)O)c(-c2c(F)c(F)c(-c3cc(OCCCCCCOC(=O)C=C)ccc3C(=O)O)c(F)c2F)c1. The second-order valence-corrected chi connectivity index (χ2v) is 11.3. The largest absolute Gasteiger partial charge is 0.494 e. The van der Waals surface area contributed by atoms with Crippen LogP contribution in [0.5, 0.6) is 11.5 Å². The number of esters is 2. The summed E-state index contributed by atoms with van der Waals surface area (Å²) in [6, 6.07) is 6.30. The highest BCUT2D eigenvalue weighted by atomic mass is 19.2. The van der Waals surface area contributed by atoms with Gasteiger partial charge in [-0.05, 0) is 87.8 Å². The van der Waals surface area contributed by atoms with E-state index in [0.29, 0.717) is 51.4 Å². The molecule has 0 saturated heterocycles. The summed E-state index contributed by atoms with van der Waals surface area (Å²) in [6.07, 6.45) is 7.01. The van der Waals surface area contributed by atoms with Gasteiger partial charge in [-0.2, -0.15) is 0 Å². The van der Waals surface area contributed by atoms with Crippen LogP contribution in [0.15, 0.2) is 61.7 Å². The Morgan fingerprint density at radius 2 is 0.865 bits per heavy atom. The zero-order valence-electron chi connectivity index (χ0n) is 28.2. The molecule has 0 saturated carbocycles. The quantitative estimate of drug-likeness (QED) is 0.0340. The highest BCUT2D eigenvalue weighted by Gasteiger charge is 2.31. The van der Waals surface area contributed by atoms with E-state index in [-0.39, 0.29) is 37.9 Å². The third-order valence-electron chi connectivity index (χ3n) is 7.68. The number of carbonyl (C=O) groups is 4. The molecule has 3 rings (SSSR count). The van der Waals surface area contributed by atoms with Crippen LogP contribution in [0, 0.1) is 23.3 Å². The summed E-state index contributed by atoms with van der Waals surface area (Å²) in [5.41, 5.74) is -5.40. The van der Waals surface area contributed by atoms with Crippen LogP contribution < -0.4 is 9.47 Å². The summed E-state index contributed by atoms with van der Waals surface area (Å²) in [7, 11) is 0. The molecular weight excluding hydrogens is 692 g/mol. The Balaban J connectivity index is 1.82. The highest BCUT2D eigenvalue weighted by molar-refractivity contribution is 5.98. The van der Waals surface area contributed by atoms with Gasteiger partial charge in [-0.1, -0.05) is 13.2 Å². The third-order valence-corrected chi connectivity index (χ3v) is 7.68. The van der Waals surface area contributed by atoms with Gasteiger partial charge in [-0.3, -0.25) is 0 Å². The predicted octanol–water partition coefficient (Wildman–Crippen LogP) is 8.31. The molecule has 0 heterocycles. The molecule has 14 heteroatoms. The molecule has 0 aliphatic carbocycles. The Kier molecular flexibility index (Phi) is 15.9. The van der Waals surface area contributed by atoms with Crippen LogP contribution in [0.1, 0.15) is 72.1 Å². The minimum absolute atomic E-state index is 0.0299. The molecule has 10 nitrogen and oxygen atoms in total. The maximum Gasteiger partial charge on any atom is 0.336 e. The lowest BCUT2D eigenvalue weighted by molar-refractivity contribution is -0.138. The second-order valence-electron chi connectivity index (χ2n) is 11.3. The van der Waals surface area contributed by atoms with Crippen molar-refractivity contribution >= 4 is 23.9 Å². The van der Waals surface area contributed by atoms with Crippen molar-refractivity contribution in [1.29, 1.82) is 0 Å². The van der Waals surface area contributed by atoms with Crippen molar-refractivity contribution < 1.29 is 65.9 Å². The number of carboxylic acid groups (broad SMARTS) is 2. The molecular formula is C38H38F4O10. The number of aromatic carboxylic acids is 2. The number of carboxylic acids is 2. The zero-order chi connectivity index (χ0) is 38.2. The molecule has 0 atom stereocenters. The Morgan fingerprint density at radius 1 is 0.538 bits per heavy atom. The molecule has 3 aromatic carbocycles. The Labute approximate surface area is 297 Å². The Bertz CT molecular complexity index is 1630. The number of halogens is 4. The average molecular weight is 731 g/mol. The van der Waals surface area contributed by atoms with E-state index in [1.807, 2.05) is 0 Å². The van der Waals surface area contributed by atoms with Gasteiger partial charge in [-0.25, -0.2) is 36.7 Å². The highest BCUT2D eigenvalue weighted by Crippen LogP contribution is 2.41. The summed E-state index contributed by atoms with van der Waals surface area (Å²) >= 11 is 0. The van der Waals surface area contributed by atoms with Crippen LogP contribution in [0.4, 0.5) is 17.6 Å². The molecule has 0 aliphatic rings. The number of unbranched alkanes of at least 4 members (excludes halogenated alkanes) is 6. The van der Waals surface area contributed by atoms with Gasteiger partial charge in [0.2, 0.25) is 0 Å². The van der Waals surface area contributed by atoms with Crippen molar-refractivity contribution in [1.82, 2.24) is 0 Å². The lowest BCUT2D eigenvalue weighted by Crippen LogP contribution is -2.10. The molecule has 0 aromatic heterocycles. The van der Waals surface area contributed by atoms with Gasteiger partial charge in [0.15, 0.2) is 23.3 Å². The van der Waals surface area contributed by atoms with Crippen LogP contribution in [-0.2, 0) is 19.1 Å². The average Bonchev–Trinajstić information content (AvgIpc) is 3.12. The first kappa shape index (κ1) is 40.8. The first-order chi connectivity index (χ1) is 24.9. The van der Waals surface area contributed by atoms with Crippen LogP contribution in [0.25, 0.3) is 22.3 Å². The van der Waals surface area contributed by atoms with Crippen molar-refractivity contribution in [3.05, 3.63) is 96.1 Å². The predicted molar refractivity (Wildman–Crippen MR) is 181 cm³/mol. The Morgan fingerprint density at radius 3 is 1.17 bits per heavy atom. The van der Waals surface area contributed by atoms with Crippen LogP contribution >= 0.6 is 0 Å². The number of rotatable bonds is 22. The van der Waals surface area contributed by atoms with Gasteiger partial charge in [0.1, 0.15) is 11.5 Å². The summed E-state index contributed by atoms with van der Waals surface area (Å²) in [5, 5.41) is 19.5. The van der Waals surface area contributed by atoms with Gasteiger partial charge >= 0.3 is 23.9 Å². The molecule has 0 fully saturated rings. The van der Waals surface area contributed by atoms with Crippen LogP contribution in [-0.4, -0.2) is 60.5 Å². The molecule has 0 unspecified atom stereocenters. The van der Waals surface area contributed by atoms with E-state index in [1.54, 1.807) is 0 Å². The van der Waals surface area contributed by atoms with E-state index in [0.717, 1.165) is 36.4 Å². The van der Waals surface area contributed by atoms with Crippen molar-refractivity contribution in [3.63, 3.8) is 0 Å². The van der Waals surface area contributed by atoms with Crippen molar-refractivity contribution in [2.45, 2.75) is 51.4 Å². The fraction of sp³-hybridized carbons (Fsp3) is 0.316. The number of carbonyl (C=O) groups excluding carboxylic acids is 2. The minimum Gasteiger partial charge on any atom is -0.494 e. The first-order valence-corrected chi connectivity index (χ1v) is 16.4. The van der Waals surface area contributed by atoms with E-state index in [9.17, 15) is 29.4 Å². The summed E-state index contributed by atoms with van der Waals surface area (Å²) in [6.45, 7) is 7.24. The lowest BCUT2D eigenvalue weighted by atomic mass is 9.92. The fourth-order valence-corrected chi connectivity index (χ4v) is 5.08. The van der Waals surface area contributed by atoms with Crippen LogP contribution in [0.3, 0.4) is 0 Å². The first-order valence-electron chi connectivity index (χ1n) is 16.4. The summed E-state index contributed by atoms with van der Waals surface area (Å²) < 4.78 is 84.1. The lowest BCUT2D eigenvalue weighted by Gasteiger charge is -2.17. The van der Waals surface area contributed by atoms with E-state index in [2.05, 4.69) is 13.2 Å². The number of hydrogen-bond donors (Lipinski definition) is 2. The maximum absolute atomic E-state index is 15.8. The summed E-state index contributed by atoms with van der Waals surface area (Å²) in [4.78, 5) is 46.1. The minimum atomic E-state index is -1.95. The van der Waals surface area contributed by atoms with Gasteiger partial charge < -0.3 is 29.2 Å². The molecule has 278 valence electrons. The monoisotopic (exact) mass is 730 g/mol. The molecule has 0 spiro atoms. The third kappa shape index (κ3) is 11.2. The topological polar surface area (TPSA) is 146 Å². The molecule has 3 aromatic rings. The second kappa shape index (κ2) is 20.3. The smallest absolute Gasteiger partial charge is 0.336 e. The van der Waals surface area contributed by atoms with E-state index in [4.69, 9.17) is 18.9 Å². The number of hydrogen-bond acceptors (Lipinski definition) is 8. The van der Waals surface area contributed by atoms with Crippen molar-refractivity contribution in [2.75, 3.05) is 26.4 Å². The maximum atomic E-state index is 15.8. The molecule has 2 N–H and O–H groups in total. The van der Waals surface area contributed by atoms with Gasteiger partial charge in [0, 0.05) is 23.3 Å². The van der Waals surface area contributed by atoms with Crippen molar-refractivity contribution in [2.24, 2.45) is 0 Å². The van der Waals surface area contributed by atoms with Crippen molar-refractivity contribution in [3.8, 4) is 33.8 Å². The molecule has 0 radical (unpaired) electrons. The van der Waals surface area contributed by atoms with Gasteiger partial charge in [0.05, 0.1) is 48.7 Å². The number of benzene rings is 3. The number of ether oxygens (including phenoxy) is 4. The molecule has 0 bridgehead atoms. The molecule has 52 heavy (non-hydrogen) atoms. The normalized spacial score (nSPS) is 10.7. The summed E-state index contributed by atoms with van der Waals surface area (Å²) in [5.74, 6) is -12.2. The Hall–Kier alpha value is -5.66. The van der Waals surface area contributed by atoms with Gasteiger partial charge in [0.25, 0.3) is 0 Å². The van der Waals surface area contributed by atoms with Crippen LogP contribution in [0.2, 0.25) is 0 Å². The van der Waals surface area contributed by atoms with E-state index < -0.39 is 80.5 Å². The zero-order valence-corrected chi connectivity index (χ0v) is 28.2. The molecule has 0 aliphatic heterocycles.